The van der Waals surface area contributed by atoms with Crippen LogP contribution in [0, 0.1) is 0 Å². The Morgan fingerprint density at radius 2 is 1.69 bits per heavy atom. The molecule has 3 heterocycles. The van der Waals surface area contributed by atoms with Crippen LogP contribution in [0.1, 0.15) is 26.7 Å². The van der Waals surface area contributed by atoms with Crippen LogP contribution < -0.4 is 25.6 Å². The summed E-state index contributed by atoms with van der Waals surface area (Å²) in [7, 11) is -0.303. The summed E-state index contributed by atoms with van der Waals surface area (Å²) >= 11 is 6.47. The Morgan fingerprint density at radius 1 is 0.976 bits per heavy atom. The Balaban J connectivity index is 1.31. The number of benzene rings is 2. The first kappa shape index (κ1) is 30.6. The average molecular weight is 612 g/mol. The van der Waals surface area contributed by atoms with Crippen molar-refractivity contribution in [1.29, 1.82) is 0 Å². The molecule has 3 aromatic rings. The van der Waals surface area contributed by atoms with E-state index in [4.69, 9.17) is 16.3 Å². The molecule has 11 heteroatoms. The van der Waals surface area contributed by atoms with Crippen molar-refractivity contribution in [1.82, 2.24) is 19.8 Å². The number of ether oxygens (including phenoxy) is 1. The molecule has 2 N–H and O–H groups in total. The molecule has 2 fully saturated rings. The SMILES string of the molecule is CC(C)Oc1cc(N2CCC(N3CCN(C)CC3)CC2)ccc1Nc1ncc(Cl)c(Nc2ccccc2P(C)(C)=O)n1. The van der Waals surface area contributed by atoms with Gasteiger partial charge in [-0.15, -0.1) is 0 Å². The van der Waals surface area contributed by atoms with Crippen LogP contribution in [0.5, 0.6) is 5.75 Å². The van der Waals surface area contributed by atoms with Crippen LogP contribution in [-0.2, 0) is 4.57 Å². The number of rotatable bonds is 9. The predicted octanol–water partition coefficient (Wildman–Crippen LogP) is 5.87. The molecule has 0 bridgehead atoms. The summed E-state index contributed by atoms with van der Waals surface area (Å²) in [5.74, 6) is 1.56. The molecule has 2 aromatic carbocycles. The largest absolute Gasteiger partial charge is 0.489 e. The van der Waals surface area contributed by atoms with Crippen molar-refractivity contribution in [3.05, 3.63) is 53.7 Å². The molecule has 0 radical (unpaired) electrons. The molecule has 0 spiro atoms. The Bertz CT molecular complexity index is 1420. The number of likely N-dealkylation sites (N-methyl/N-ethyl adjacent to an activating group) is 1. The highest BCUT2D eigenvalue weighted by Gasteiger charge is 2.27. The number of nitrogens with one attached hydrogen (secondary N) is 2. The van der Waals surface area contributed by atoms with Gasteiger partial charge >= 0.3 is 0 Å². The molecule has 2 aliphatic rings. The molecular formula is C31H43ClN7O2P. The monoisotopic (exact) mass is 611 g/mol. The fraction of sp³-hybridized carbons (Fsp3) is 0.484. The minimum Gasteiger partial charge on any atom is -0.489 e. The Morgan fingerprint density at radius 3 is 2.38 bits per heavy atom. The second-order valence-corrected chi connectivity index (χ2v) is 15.5. The molecule has 0 aliphatic carbocycles. The van der Waals surface area contributed by atoms with E-state index in [0.29, 0.717) is 28.5 Å². The fourth-order valence-corrected chi connectivity index (χ4v) is 6.94. The van der Waals surface area contributed by atoms with Crippen molar-refractivity contribution in [3.8, 4) is 5.75 Å². The van der Waals surface area contributed by atoms with Gasteiger partial charge in [-0.05, 0) is 71.3 Å². The minimum atomic E-state index is -2.51. The lowest BCUT2D eigenvalue weighted by molar-refractivity contribution is 0.0982. The lowest BCUT2D eigenvalue weighted by Gasteiger charge is -2.42. The van der Waals surface area contributed by atoms with Gasteiger partial charge in [-0.2, -0.15) is 4.98 Å². The van der Waals surface area contributed by atoms with Gasteiger partial charge in [0, 0.05) is 62.4 Å². The van der Waals surface area contributed by atoms with Crippen molar-refractivity contribution in [2.75, 3.05) is 75.2 Å². The summed E-state index contributed by atoms with van der Waals surface area (Å²) in [6.45, 7) is 14.3. The van der Waals surface area contributed by atoms with Gasteiger partial charge < -0.3 is 29.7 Å². The highest BCUT2D eigenvalue weighted by molar-refractivity contribution is 7.70. The van der Waals surface area contributed by atoms with E-state index in [9.17, 15) is 4.57 Å². The molecule has 5 rings (SSSR count). The Kier molecular flexibility index (Phi) is 9.63. The zero-order chi connectivity index (χ0) is 29.9. The van der Waals surface area contributed by atoms with E-state index >= 15 is 0 Å². The number of anilines is 5. The van der Waals surface area contributed by atoms with Crippen LogP contribution in [0.25, 0.3) is 0 Å². The summed E-state index contributed by atoms with van der Waals surface area (Å²) in [4.78, 5) is 16.6. The second kappa shape index (κ2) is 13.2. The van der Waals surface area contributed by atoms with E-state index in [0.717, 1.165) is 48.6 Å². The van der Waals surface area contributed by atoms with Gasteiger partial charge in [-0.25, -0.2) is 4.98 Å². The highest BCUT2D eigenvalue weighted by atomic mass is 35.5. The molecule has 0 saturated carbocycles. The molecular weight excluding hydrogens is 569 g/mol. The van der Waals surface area contributed by atoms with E-state index < -0.39 is 7.14 Å². The zero-order valence-corrected chi connectivity index (χ0v) is 27.0. The molecule has 2 saturated heterocycles. The van der Waals surface area contributed by atoms with Gasteiger partial charge in [0.25, 0.3) is 0 Å². The van der Waals surface area contributed by atoms with Crippen LogP contribution in [0.2, 0.25) is 5.02 Å². The van der Waals surface area contributed by atoms with Crippen molar-refractivity contribution < 1.29 is 9.30 Å². The smallest absolute Gasteiger partial charge is 0.229 e. The lowest BCUT2D eigenvalue weighted by atomic mass is 10.0. The number of nitrogens with zero attached hydrogens (tertiary/aromatic N) is 5. The standard InChI is InChI=1S/C31H43ClN7O2P/c1-22(2)41-28-20-24(38-14-12-23(13-15-38)39-18-16-37(3)17-19-39)10-11-26(28)35-31-33-21-25(32)30(36-31)34-27-8-6-7-9-29(27)42(4,5)40/h6-11,20-23H,12-19H2,1-5H3,(H2,33,34,35,36). The van der Waals surface area contributed by atoms with Crippen LogP contribution in [0.15, 0.2) is 48.7 Å². The highest BCUT2D eigenvalue weighted by Crippen LogP contribution is 2.39. The Labute approximate surface area is 255 Å². The molecule has 2 aliphatic heterocycles. The van der Waals surface area contributed by atoms with Crippen LogP contribution in [0.4, 0.5) is 28.8 Å². The maximum atomic E-state index is 12.8. The molecule has 1 aromatic heterocycles. The third-order valence-corrected chi connectivity index (χ3v) is 9.77. The van der Waals surface area contributed by atoms with E-state index in [1.54, 1.807) is 19.5 Å². The number of hydrogen-bond donors (Lipinski definition) is 2. The summed E-state index contributed by atoms with van der Waals surface area (Å²) in [6, 6.07) is 14.5. The van der Waals surface area contributed by atoms with E-state index in [2.05, 4.69) is 54.5 Å². The molecule has 9 nitrogen and oxygen atoms in total. The molecule has 0 amide bonds. The number of aromatic nitrogens is 2. The van der Waals surface area contributed by atoms with E-state index in [1.807, 2.05) is 44.2 Å². The van der Waals surface area contributed by atoms with E-state index in [1.165, 1.54) is 25.9 Å². The summed E-state index contributed by atoms with van der Waals surface area (Å²) in [6.07, 6.45) is 3.91. The van der Waals surface area contributed by atoms with Crippen LogP contribution >= 0.6 is 18.7 Å². The zero-order valence-electron chi connectivity index (χ0n) is 25.3. The summed E-state index contributed by atoms with van der Waals surface area (Å²) in [5.41, 5.74) is 2.65. The van der Waals surface area contributed by atoms with Crippen LogP contribution in [-0.4, -0.2) is 91.6 Å². The van der Waals surface area contributed by atoms with Gasteiger partial charge in [-0.1, -0.05) is 23.7 Å². The lowest BCUT2D eigenvalue weighted by Crippen LogP contribution is -2.52. The van der Waals surface area contributed by atoms with E-state index in [-0.39, 0.29) is 6.10 Å². The van der Waals surface area contributed by atoms with Crippen molar-refractivity contribution >= 4 is 52.9 Å². The maximum absolute atomic E-state index is 12.8. The average Bonchev–Trinajstić information content (AvgIpc) is 2.96. The fourth-order valence-electron chi connectivity index (χ4n) is 5.65. The van der Waals surface area contributed by atoms with Crippen LogP contribution in [0.3, 0.4) is 0 Å². The first-order valence-electron chi connectivity index (χ1n) is 14.8. The van der Waals surface area contributed by atoms with Crippen molar-refractivity contribution in [2.24, 2.45) is 0 Å². The van der Waals surface area contributed by atoms with Gasteiger partial charge in [0.1, 0.15) is 17.9 Å². The second-order valence-electron chi connectivity index (χ2n) is 11.9. The normalized spacial score (nSPS) is 17.5. The van der Waals surface area contributed by atoms with Crippen molar-refractivity contribution in [2.45, 2.75) is 38.8 Å². The Hall–Kier alpha value is -2.84. The molecule has 0 unspecified atom stereocenters. The number of piperidine rings is 1. The number of halogens is 1. The first-order chi connectivity index (χ1) is 20.1. The maximum Gasteiger partial charge on any atom is 0.229 e. The van der Waals surface area contributed by atoms with Gasteiger partial charge in [0.15, 0.2) is 5.82 Å². The summed E-state index contributed by atoms with van der Waals surface area (Å²) in [5, 5.41) is 7.70. The molecule has 0 atom stereocenters. The predicted molar refractivity (Wildman–Crippen MR) is 176 cm³/mol. The van der Waals surface area contributed by atoms with Crippen molar-refractivity contribution in [3.63, 3.8) is 0 Å². The topological polar surface area (TPSA) is 85.9 Å². The third-order valence-electron chi connectivity index (χ3n) is 7.94. The number of piperazine rings is 1. The third kappa shape index (κ3) is 7.56. The molecule has 42 heavy (non-hydrogen) atoms. The van der Waals surface area contributed by atoms with Gasteiger partial charge in [-0.3, -0.25) is 4.90 Å². The minimum absolute atomic E-state index is 0.00223. The van der Waals surface area contributed by atoms with Gasteiger partial charge in [0.2, 0.25) is 5.95 Å². The van der Waals surface area contributed by atoms with Gasteiger partial charge in [0.05, 0.1) is 23.7 Å². The number of hydrogen-bond acceptors (Lipinski definition) is 9. The number of para-hydroxylation sites is 1. The first-order valence-corrected chi connectivity index (χ1v) is 17.7. The summed E-state index contributed by atoms with van der Waals surface area (Å²) < 4.78 is 19.1. The quantitative estimate of drug-likeness (QED) is 0.289. The molecule has 226 valence electrons.